The molecule has 0 fully saturated rings. The van der Waals surface area contributed by atoms with E-state index >= 15 is 0 Å². The smallest absolute Gasteiger partial charge is 0.241 e. The van der Waals surface area contributed by atoms with Crippen LogP contribution in [0.5, 0.6) is 0 Å². The van der Waals surface area contributed by atoms with Crippen LogP contribution in [0.25, 0.3) is 0 Å². The average Bonchev–Trinajstić information content (AvgIpc) is 2.73. The quantitative estimate of drug-likeness (QED) is 0.755. The second-order valence-corrected chi connectivity index (χ2v) is 4.04. The van der Waals surface area contributed by atoms with Crippen LogP contribution in [0, 0.1) is 0 Å². The van der Waals surface area contributed by atoms with Crippen LogP contribution in [0.2, 0.25) is 0 Å². The molecule has 0 aromatic heterocycles. The van der Waals surface area contributed by atoms with Crippen LogP contribution in [-0.4, -0.2) is 25.4 Å². The summed E-state index contributed by atoms with van der Waals surface area (Å²) in [6.45, 7) is 1.31. The number of nitrogens with zero attached hydrogens (tertiary/aromatic N) is 1. The molecule has 0 atom stereocenters. The first kappa shape index (κ1) is 11.4. The molecule has 16 heavy (non-hydrogen) atoms. The van der Waals surface area contributed by atoms with Gasteiger partial charge in [0.25, 0.3) is 0 Å². The third-order valence-electron chi connectivity index (χ3n) is 2.84. The number of carbonyl (C=O) groups is 1. The molecule has 2 rings (SSSR count). The van der Waals surface area contributed by atoms with Gasteiger partial charge in [-0.3, -0.25) is 4.79 Å². The Labute approximate surface area is 100.0 Å². The summed E-state index contributed by atoms with van der Waals surface area (Å²) in [6, 6.07) is 5.95. The maximum absolute atomic E-state index is 11.6. The normalized spacial score (nSPS) is 14.0. The van der Waals surface area contributed by atoms with E-state index < -0.39 is 0 Å². The number of carbonyl (C=O) groups excluding carboxylic acids is 1. The molecule has 0 radical (unpaired) electrons. The van der Waals surface area contributed by atoms with Gasteiger partial charge in [-0.25, -0.2) is 0 Å². The number of hydrogen-bond donors (Lipinski definition) is 0. The summed E-state index contributed by atoms with van der Waals surface area (Å²) in [5.74, 6) is 0.00324. The van der Waals surface area contributed by atoms with Gasteiger partial charge in [-0.1, -0.05) is 12.1 Å². The van der Waals surface area contributed by atoms with Gasteiger partial charge in [0, 0.05) is 19.3 Å². The molecule has 1 aromatic rings. The third-order valence-corrected chi connectivity index (χ3v) is 3.07. The van der Waals surface area contributed by atoms with Crippen molar-refractivity contribution in [1.29, 1.82) is 0 Å². The van der Waals surface area contributed by atoms with Crippen LogP contribution in [-0.2, 0) is 22.6 Å². The number of methoxy groups -OCH3 is 1. The van der Waals surface area contributed by atoms with Crippen LogP contribution < -0.4 is 4.90 Å². The Balaban J connectivity index is 2.33. The van der Waals surface area contributed by atoms with Gasteiger partial charge in [0.2, 0.25) is 5.91 Å². The monoisotopic (exact) mass is 239 g/mol. The van der Waals surface area contributed by atoms with Gasteiger partial charge in [-0.15, -0.1) is 11.6 Å². The number of halogens is 1. The molecule has 0 aliphatic carbocycles. The summed E-state index contributed by atoms with van der Waals surface area (Å²) in [5.41, 5.74) is 3.35. The standard InChI is InChI=1S/C12H14ClNO2/c1-16-8-9-3-2-4-11-10(9)5-6-14(11)12(15)7-13/h2-4H,5-8H2,1H3. The summed E-state index contributed by atoms with van der Waals surface area (Å²) in [4.78, 5) is 13.4. The van der Waals surface area contributed by atoms with Crippen molar-refractivity contribution in [1.82, 2.24) is 0 Å². The minimum Gasteiger partial charge on any atom is -0.380 e. The van der Waals surface area contributed by atoms with E-state index in [4.69, 9.17) is 16.3 Å². The molecular formula is C12H14ClNO2. The fraction of sp³-hybridized carbons (Fsp3) is 0.417. The SMILES string of the molecule is COCc1cccc2c1CCN2C(=O)CCl. The molecule has 3 nitrogen and oxygen atoms in total. The van der Waals surface area contributed by atoms with Crippen molar-refractivity contribution in [2.24, 2.45) is 0 Å². The summed E-state index contributed by atoms with van der Waals surface area (Å²) in [6.07, 6.45) is 0.886. The van der Waals surface area contributed by atoms with Gasteiger partial charge in [0.15, 0.2) is 0 Å². The average molecular weight is 240 g/mol. The molecule has 0 saturated carbocycles. The first-order valence-electron chi connectivity index (χ1n) is 5.24. The van der Waals surface area contributed by atoms with Gasteiger partial charge in [-0.05, 0) is 23.6 Å². The predicted octanol–water partition coefficient (Wildman–Crippen LogP) is 1.96. The molecule has 0 saturated heterocycles. The first-order valence-corrected chi connectivity index (χ1v) is 5.77. The number of anilines is 1. The topological polar surface area (TPSA) is 29.5 Å². The lowest BCUT2D eigenvalue weighted by Crippen LogP contribution is -2.29. The summed E-state index contributed by atoms with van der Waals surface area (Å²) in [5, 5.41) is 0. The number of amides is 1. The Morgan fingerprint density at radius 3 is 3.06 bits per heavy atom. The molecular weight excluding hydrogens is 226 g/mol. The van der Waals surface area contributed by atoms with Crippen molar-refractivity contribution >= 4 is 23.2 Å². The summed E-state index contributed by atoms with van der Waals surface area (Å²) < 4.78 is 5.15. The van der Waals surface area contributed by atoms with Crippen molar-refractivity contribution in [3.63, 3.8) is 0 Å². The highest BCUT2D eigenvalue weighted by atomic mass is 35.5. The largest absolute Gasteiger partial charge is 0.380 e. The fourth-order valence-corrected chi connectivity index (χ4v) is 2.27. The van der Waals surface area contributed by atoms with Crippen molar-refractivity contribution in [3.8, 4) is 0 Å². The van der Waals surface area contributed by atoms with Crippen LogP contribution >= 0.6 is 11.6 Å². The molecule has 1 aliphatic heterocycles. The number of hydrogen-bond acceptors (Lipinski definition) is 2. The Morgan fingerprint density at radius 1 is 1.56 bits per heavy atom. The number of alkyl halides is 1. The number of ether oxygens (including phenoxy) is 1. The van der Waals surface area contributed by atoms with Gasteiger partial charge < -0.3 is 9.64 Å². The zero-order chi connectivity index (χ0) is 11.5. The molecule has 1 amide bonds. The zero-order valence-corrected chi connectivity index (χ0v) is 9.96. The lowest BCUT2D eigenvalue weighted by molar-refractivity contribution is -0.116. The van der Waals surface area contributed by atoms with E-state index in [9.17, 15) is 4.79 Å². The molecule has 1 aliphatic rings. The van der Waals surface area contributed by atoms with Crippen LogP contribution in [0.1, 0.15) is 11.1 Å². The highest BCUT2D eigenvalue weighted by molar-refractivity contribution is 6.29. The number of fused-ring (bicyclic) bond motifs is 1. The van der Waals surface area contributed by atoms with Crippen LogP contribution in [0.3, 0.4) is 0 Å². The zero-order valence-electron chi connectivity index (χ0n) is 9.20. The van der Waals surface area contributed by atoms with Crippen molar-refractivity contribution in [2.75, 3.05) is 24.4 Å². The minimum absolute atomic E-state index is 0.0324. The fourth-order valence-electron chi connectivity index (χ4n) is 2.13. The maximum atomic E-state index is 11.6. The number of rotatable bonds is 3. The highest BCUT2D eigenvalue weighted by Gasteiger charge is 2.25. The van der Waals surface area contributed by atoms with E-state index in [1.165, 1.54) is 5.56 Å². The molecule has 1 aromatic carbocycles. The Bertz CT molecular complexity index is 406. The Hall–Kier alpha value is -1.06. The molecule has 0 unspecified atom stereocenters. The lowest BCUT2D eigenvalue weighted by Gasteiger charge is -2.16. The second kappa shape index (κ2) is 4.85. The Morgan fingerprint density at radius 2 is 2.38 bits per heavy atom. The third kappa shape index (κ3) is 1.93. The van der Waals surface area contributed by atoms with Crippen molar-refractivity contribution in [2.45, 2.75) is 13.0 Å². The van der Waals surface area contributed by atoms with Crippen LogP contribution in [0.4, 0.5) is 5.69 Å². The van der Waals surface area contributed by atoms with E-state index in [-0.39, 0.29) is 11.8 Å². The van der Waals surface area contributed by atoms with E-state index in [1.54, 1.807) is 12.0 Å². The maximum Gasteiger partial charge on any atom is 0.241 e. The highest BCUT2D eigenvalue weighted by Crippen LogP contribution is 2.31. The first-order chi connectivity index (χ1) is 7.77. The second-order valence-electron chi connectivity index (χ2n) is 3.78. The van der Waals surface area contributed by atoms with Gasteiger partial charge in [0.05, 0.1) is 6.61 Å². The van der Waals surface area contributed by atoms with E-state index in [1.807, 2.05) is 18.2 Å². The van der Waals surface area contributed by atoms with Crippen molar-refractivity contribution in [3.05, 3.63) is 29.3 Å². The number of benzene rings is 1. The Kier molecular flexibility index (Phi) is 3.46. The lowest BCUT2D eigenvalue weighted by atomic mass is 10.1. The van der Waals surface area contributed by atoms with E-state index in [2.05, 4.69) is 0 Å². The van der Waals surface area contributed by atoms with E-state index in [0.29, 0.717) is 6.61 Å². The van der Waals surface area contributed by atoms with Gasteiger partial charge in [0.1, 0.15) is 5.88 Å². The van der Waals surface area contributed by atoms with Crippen molar-refractivity contribution < 1.29 is 9.53 Å². The predicted molar refractivity (Wildman–Crippen MR) is 63.9 cm³/mol. The molecule has 0 spiro atoms. The van der Waals surface area contributed by atoms with E-state index in [0.717, 1.165) is 24.2 Å². The summed E-state index contributed by atoms with van der Waals surface area (Å²) in [7, 11) is 1.68. The van der Waals surface area contributed by atoms with Gasteiger partial charge >= 0.3 is 0 Å². The molecule has 4 heteroatoms. The van der Waals surface area contributed by atoms with Crippen LogP contribution in [0.15, 0.2) is 18.2 Å². The molecule has 1 heterocycles. The van der Waals surface area contributed by atoms with Gasteiger partial charge in [-0.2, -0.15) is 0 Å². The molecule has 86 valence electrons. The molecule has 0 N–H and O–H groups in total. The minimum atomic E-state index is -0.0324. The summed E-state index contributed by atoms with van der Waals surface area (Å²) >= 11 is 5.58. The molecule has 0 bridgehead atoms.